The maximum Gasteiger partial charge on any atom is 0.274 e. The molecule has 5 nitrogen and oxygen atoms in total. The maximum atomic E-state index is 14.6. The van der Waals surface area contributed by atoms with Crippen LogP contribution in [0.2, 0.25) is 0 Å². The molecule has 8 heteroatoms. The van der Waals surface area contributed by atoms with Crippen LogP contribution in [-0.4, -0.2) is 21.9 Å². The minimum absolute atomic E-state index is 0.0795. The van der Waals surface area contributed by atoms with Gasteiger partial charge in [0.05, 0.1) is 17.4 Å². The van der Waals surface area contributed by atoms with Crippen molar-refractivity contribution in [2.24, 2.45) is 11.7 Å². The SMILES string of the molecule is Cc1ccc(F)c(-c2nc(C(=O)Nc3cnccc3[C@@H]3C[C@H](C)C[C@H](N)C3)ccc2F)c1F. The summed E-state index contributed by atoms with van der Waals surface area (Å²) in [4.78, 5) is 21.0. The minimum Gasteiger partial charge on any atom is -0.328 e. The van der Waals surface area contributed by atoms with Crippen molar-refractivity contribution < 1.29 is 18.0 Å². The number of nitrogens with two attached hydrogens (primary N) is 1. The number of aromatic nitrogens is 2. The van der Waals surface area contributed by atoms with Crippen LogP contribution in [0.5, 0.6) is 0 Å². The van der Waals surface area contributed by atoms with Crippen molar-refractivity contribution in [3.63, 3.8) is 0 Å². The number of rotatable bonds is 4. The van der Waals surface area contributed by atoms with E-state index < -0.39 is 34.6 Å². The summed E-state index contributed by atoms with van der Waals surface area (Å²) >= 11 is 0. The predicted octanol–water partition coefficient (Wildman–Crippen LogP) is 5.35. The maximum absolute atomic E-state index is 14.6. The number of carbonyl (C=O) groups excluding carboxylic acids is 1. The van der Waals surface area contributed by atoms with Gasteiger partial charge in [0.25, 0.3) is 5.91 Å². The lowest BCUT2D eigenvalue weighted by Crippen LogP contribution is -2.31. The highest BCUT2D eigenvalue weighted by molar-refractivity contribution is 6.03. The molecule has 0 bridgehead atoms. The van der Waals surface area contributed by atoms with Gasteiger partial charge in [-0.3, -0.25) is 9.78 Å². The zero-order chi connectivity index (χ0) is 23.7. The van der Waals surface area contributed by atoms with Crippen LogP contribution in [0.4, 0.5) is 18.9 Å². The Hall–Kier alpha value is -3.26. The second-order valence-corrected chi connectivity index (χ2v) is 8.77. The van der Waals surface area contributed by atoms with E-state index >= 15 is 0 Å². The molecule has 1 fully saturated rings. The number of anilines is 1. The number of hydrogen-bond acceptors (Lipinski definition) is 4. The average Bonchev–Trinajstić information content (AvgIpc) is 2.77. The Morgan fingerprint density at radius 3 is 2.58 bits per heavy atom. The topological polar surface area (TPSA) is 80.9 Å². The zero-order valence-corrected chi connectivity index (χ0v) is 18.4. The molecule has 33 heavy (non-hydrogen) atoms. The summed E-state index contributed by atoms with van der Waals surface area (Å²) in [6.07, 6.45) is 5.89. The average molecular weight is 454 g/mol. The first-order valence-corrected chi connectivity index (χ1v) is 10.9. The lowest BCUT2D eigenvalue weighted by atomic mass is 9.76. The van der Waals surface area contributed by atoms with Crippen LogP contribution >= 0.6 is 0 Å². The number of carbonyl (C=O) groups is 1. The van der Waals surface area contributed by atoms with Crippen LogP contribution in [0, 0.1) is 30.3 Å². The first kappa shape index (κ1) is 22.9. The van der Waals surface area contributed by atoms with Crippen LogP contribution < -0.4 is 11.1 Å². The Bertz CT molecular complexity index is 1190. The molecule has 1 aliphatic carbocycles. The molecule has 3 aromatic rings. The first-order valence-electron chi connectivity index (χ1n) is 10.9. The number of nitrogens with one attached hydrogen (secondary N) is 1. The third-order valence-electron chi connectivity index (χ3n) is 6.12. The van der Waals surface area contributed by atoms with E-state index in [0.29, 0.717) is 11.6 Å². The van der Waals surface area contributed by atoms with Crippen molar-refractivity contribution in [1.82, 2.24) is 9.97 Å². The van der Waals surface area contributed by atoms with Crippen molar-refractivity contribution in [3.8, 4) is 11.3 Å². The Kier molecular flexibility index (Phi) is 6.47. The molecule has 0 unspecified atom stereocenters. The molecule has 1 aromatic carbocycles. The molecule has 172 valence electrons. The van der Waals surface area contributed by atoms with Crippen LogP contribution in [0.3, 0.4) is 0 Å². The third kappa shape index (κ3) is 4.75. The van der Waals surface area contributed by atoms with Gasteiger partial charge in [-0.15, -0.1) is 0 Å². The normalized spacial score (nSPS) is 20.5. The number of halogens is 3. The summed E-state index contributed by atoms with van der Waals surface area (Å²) in [6.45, 7) is 3.59. The molecule has 0 saturated heterocycles. The fourth-order valence-corrected chi connectivity index (χ4v) is 4.58. The highest BCUT2D eigenvalue weighted by Crippen LogP contribution is 2.38. The van der Waals surface area contributed by atoms with Gasteiger partial charge in [-0.1, -0.05) is 13.0 Å². The number of nitrogens with zero attached hydrogens (tertiary/aromatic N) is 2. The van der Waals surface area contributed by atoms with Gasteiger partial charge in [0.2, 0.25) is 0 Å². The monoisotopic (exact) mass is 454 g/mol. The minimum atomic E-state index is -0.959. The molecule has 0 spiro atoms. The third-order valence-corrected chi connectivity index (χ3v) is 6.12. The van der Waals surface area contributed by atoms with E-state index in [1.54, 1.807) is 12.4 Å². The highest BCUT2D eigenvalue weighted by atomic mass is 19.1. The Morgan fingerprint density at radius 1 is 1.06 bits per heavy atom. The number of amides is 1. The van der Waals surface area contributed by atoms with Crippen LogP contribution in [-0.2, 0) is 0 Å². The molecule has 2 heterocycles. The number of benzene rings is 1. The molecule has 3 atom stereocenters. The van der Waals surface area contributed by atoms with Crippen LogP contribution in [0.1, 0.15) is 53.7 Å². The molecule has 1 aliphatic rings. The fraction of sp³-hybridized carbons (Fsp3) is 0.320. The largest absolute Gasteiger partial charge is 0.328 e. The summed E-state index contributed by atoms with van der Waals surface area (Å²) in [7, 11) is 0. The van der Waals surface area contributed by atoms with Gasteiger partial charge in [-0.25, -0.2) is 18.2 Å². The van der Waals surface area contributed by atoms with Crippen molar-refractivity contribution in [2.75, 3.05) is 5.32 Å². The van der Waals surface area contributed by atoms with E-state index in [0.717, 1.165) is 37.0 Å². The van der Waals surface area contributed by atoms with Gasteiger partial charge < -0.3 is 11.1 Å². The van der Waals surface area contributed by atoms with E-state index in [-0.39, 0.29) is 23.2 Å². The number of pyridine rings is 2. The molecular weight excluding hydrogens is 429 g/mol. The molecule has 4 rings (SSSR count). The van der Waals surface area contributed by atoms with Crippen molar-refractivity contribution in [3.05, 3.63) is 77.0 Å². The fourth-order valence-electron chi connectivity index (χ4n) is 4.58. The lowest BCUT2D eigenvalue weighted by molar-refractivity contribution is 0.102. The van der Waals surface area contributed by atoms with Gasteiger partial charge in [-0.05, 0) is 73.4 Å². The summed E-state index contributed by atoms with van der Waals surface area (Å²) in [5, 5.41) is 2.78. The second-order valence-electron chi connectivity index (χ2n) is 8.77. The van der Waals surface area contributed by atoms with E-state index in [1.807, 2.05) is 6.07 Å². The van der Waals surface area contributed by atoms with Gasteiger partial charge in [-0.2, -0.15) is 0 Å². The van der Waals surface area contributed by atoms with Gasteiger partial charge in [0.15, 0.2) is 0 Å². The quantitative estimate of drug-likeness (QED) is 0.557. The number of hydrogen-bond donors (Lipinski definition) is 2. The van der Waals surface area contributed by atoms with Gasteiger partial charge >= 0.3 is 0 Å². The molecular formula is C25H25F3N4O. The molecule has 1 amide bonds. The lowest BCUT2D eigenvalue weighted by Gasteiger charge is -2.32. The molecule has 0 radical (unpaired) electrons. The number of aryl methyl sites for hydroxylation is 1. The highest BCUT2D eigenvalue weighted by Gasteiger charge is 2.28. The van der Waals surface area contributed by atoms with Crippen molar-refractivity contribution in [2.45, 2.75) is 45.1 Å². The van der Waals surface area contributed by atoms with Gasteiger partial charge in [0.1, 0.15) is 28.8 Å². The molecule has 3 N–H and O–H groups in total. The Balaban J connectivity index is 1.65. The predicted molar refractivity (Wildman–Crippen MR) is 120 cm³/mol. The molecule has 1 saturated carbocycles. The summed E-state index contributed by atoms with van der Waals surface area (Å²) < 4.78 is 43.4. The molecule has 0 aliphatic heterocycles. The summed E-state index contributed by atoms with van der Waals surface area (Å²) in [5.74, 6) is -2.82. The van der Waals surface area contributed by atoms with E-state index in [2.05, 4.69) is 22.2 Å². The van der Waals surface area contributed by atoms with Crippen molar-refractivity contribution in [1.29, 1.82) is 0 Å². The van der Waals surface area contributed by atoms with E-state index in [1.165, 1.54) is 19.1 Å². The van der Waals surface area contributed by atoms with Crippen LogP contribution in [0.15, 0.2) is 42.7 Å². The van der Waals surface area contributed by atoms with E-state index in [9.17, 15) is 18.0 Å². The summed E-state index contributed by atoms with van der Waals surface area (Å²) in [6, 6.07) is 6.38. The second kappa shape index (κ2) is 9.31. The Morgan fingerprint density at radius 2 is 1.82 bits per heavy atom. The van der Waals surface area contributed by atoms with Crippen LogP contribution in [0.25, 0.3) is 11.3 Å². The van der Waals surface area contributed by atoms with Crippen molar-refractivity contribution >= 4 is 11.6 Å². The molecule has 2 aromatic heterocycles. The van der Waals surface area contributed by atoms with Gasteiger partial charge in [0, 0.05) is 12.2 Å². The Labute approximate surface area is 190 Å². The summed E-state index contributed by atoms with van der Waals surface area (Å²) in [5.41, 5.74) is 6.44. The zero-order valence-electron chi connectivity index (χ0n) is 18.4. The van der Waals surface area contributed by atoms with E-state index in [4.69, 9.17) is 5.73 Å². The smallest absolute Gasteiger partial charge is 0.274 e. The standard InChI is InChI=1S/C25H25F3N4O/c1-13-9-15(11-16(29)10-13)17-7-8-30-12-21(17)32-25(33)20-6-5-19(27)24(31-20)22-18(26)4-3-14(2)23(22)28/h3-8,12-13,15-16H,9-11,29H2,1-2H3,(H,32,33)/t13-,15+,16-/m0/s1. The first-order chi connectivity index (χ1) is 15.7.